The molecule has 0 bridgehead atoms. The summed E-state index contributed by atoms with van der Waals surface area (Å²) in [5, 5.41) is 41.1. The standard InChI is InChI=1S/C17H14O8/c1-23-11-6-10-12(14(21)17(11)24-2)13(20)15(22)16(25-10)7-3-4-8(18)9(19)5-7/h3-6,18-19,21-22H,1-2H3/p-1. The maximum atomic E-state index is 12.4. The van der Waals surface area contributed by atoms with Crippen LogP contribution in [0, 0.1) is 0 Å². The van der Waals surface area contributed by atoms with E-state index in [4.69, 9.17) is 13.9 Å². The van der Waals surface area contributed by atoms with Crippen LogP contribution in [0.25, 0.3) is 22.3 Å². The van der Waals surface area contributed by atoms with Gasteiger partial charge in [-0.15, -0.1) is 0 Å². The lowest BCUT2D eigenvalue weighted by atomic mass is 10.1. The Morgan fingerprint density at radius 2 is 1.76 bits per heavy atom. The first-order valence-electron chi connectivity index (χ1n) is 7.03. The van der Waals surface area contributed by atoms with Crippen LogP contribution in [0.2, 0.25) is 0 Å². The van der Waals surface area contributed by atoms with Crippen LogP contribution in [0.5, 0.6) is 34.5 Å². The van der Waals surface area contributed by atoms with Gasteiger partial charge in [-0.3, -0.25) is 4.79 Å². The molecule has 0 saturated carbocycles. The van der Waals surface area contributed by atoms with E-state index in [1.54, 1.807) is 0 Å². The summed E-state index contributed by atoms with van der Waals surface area (Å²) in [5.74, 6) is -2.80. The summed E-state index contributed by atoms with van der Waals surface area (Å²) in [6, 6.07) is 4.90. The maximum absolute atomic E-state index is 12.4. The molecule has 0 atom stereocenters. The molecular formula is C17H13O8-. The van der Waals surface area contributed by atoms with Gasteiger partial charge in [-0.05, 0) is 23.9 Å². The summed E-state index contributed by atoms with van der Waals surface area (Å²) in [7, 11) is 2.57. The van der Waals surface area contributed by atoms with Gasteiger partial charge in [0.1, 0.15) is 5.58 Å². The van der Waals surface area contributed by atoms with Crippen LogP contribution >= 0.6 is 0 Å². The van der Waals surface area contributed by atoms with Crippen LogP contribution in [0.15, 0.2) is 33.5 Å². The van der Waals surface area contributed by atoms with Gasteiger partial charge in [-0.25, -0.2) is 0 Å². The van der Waals surface area contributed by atoms with Gasteiger partial charge in [0, 0.05) is 11.6 Å². The van der Waals surface area contributed by atoms with Gasteiger partial charge in [0.2, 0.25) is 11.2 Å². The Balaban J connectivity index is 2.38. The van der Waals surface area contributed by atoms with Crippen molar-refractivity contribution in [3.8, 4) is 45.8 Å². The topological polar surface area (TPSA) is 132 Å². The average Bonchev–Trinajstić information content (AvgIpc) is 2.59. The third-order valence-electron chi connectivity index (χ3n) is 3.70. The van der Waals surface area contributed by atoms with E-state index >= 15 is 0 Å². The molecule has 1 aromatic heterocycles. The molecule has 3 aromatic rings. The van der Waals surface area contributed by atoms with E-state index in [0.29, 0.717) is 0 Å². The molecule has 0 spiro atoms. The van der Waals surface area contributed by atoms with Gasteiger partial charge in [-0.2, -0.15) is 0 Å². The lowest BCUT2D eigenvalue weighted by Gasteiger charge is -2.18. The van der Waals surface area contributed by atoms with Crippen molar-refractivity contribution in [2.24, 2.45) is 0 Å². The van der Waals surface area contributed by atoms with Crippen molar-refractivity contribution in [1.82, 2.24) is 0 Å². The number of phenols is 2. The molecule has 0 unspecified atom stereocenters. The Morgan fingerprint density at radius 3 is 2.36 bits per heavy atom. The molecule has 2 aromatic carbocycles. The molecule has 130 valence electrons. The van der Waals surface area contributed by atoms with Gasteiger partial charge in [0.25, 0.3) is 0 Å². The summed E-state index contributed by atoms with van der Waals surface area (Å²) in [5.41, 5.74) is -0.934. The van der Waals surface area contributed by atoms with E-state index in [1.165, 1.54) is 32.4 Å². The third kappa shape index (κ3) is 2.44. The van der Waals surface area contributed by atoms with Gasteiger partial charge >= 0.3 is 0 Å². The minimum atomic E-state index is -0.949. The Bertz CT molecular complexity index is 1040. The minimum absolute atomic E-state index is 0.0633. The molecule has 8 heteroatoms. The molecule has 0 aliphatic heterocycles. The second-order valence-corrected chi connectivity index (χ2v) is 5.13. The molecule has 0 amide bonds. The highest BCUT2D eigenvalue weighted by Crippen LogP contribution is 2.42. The Morgan fingerprint density at radius 1 is 1.04 bits per heavy atom. The number of aromatic hydroxyl groups is 3. The maximum Gasteiger partial charge on any atom is 0.234 e. The van der Waals surface area contributed by atoms with Crippen molar-refractivity contribution in [3.63, 3.8) is 0 Å². The van der Waals surface area contributed by atoms with Gasteiger partial charge < -0.3 is 34.3 Å². The SMILES string of the molecule is COc1cc2oc(-c3ccc(O)c(O)c3)c(O)c(=O)c2c([O-])c1OC. The van der Waals surface area contributed by atoms with Crippen LogP contribution in [0.1, 0.15) is 0 Å². The molecule has 0 saturated heterocycles. The zero-order valence-electron chi connectivity index (χ0n) is 13.2. The van der Waals surface area contributed by atoms with Crippen LogP contribution < -0.4 is 20.0 Å². The summed E-state index contributed by atoms with van der Waals surface area (Å²) in [4.78, 5) is 12.4. The predicted molar refractivity (Wildman–Crippen MR) is 85.5 cm³/mol. The van der Waals surface area contributed by atoms with Crippen molar-refractivity contribution < 1.29 is 34.3 Å². The lowest BCUT2D eigenvalue weighted by Crippen LogP contribution is -2.08. The number of fused-ring (bicyclic) bond motifs is 1. The molecule has 3 rings (SSSR count). The first-order valence-corrected chi connectivity index (χ1v) is 7.03. The predicted octanol–water partition coefficient (Wildman–Crippen LogP) is 1.67. The highest BCUT2D eigenvalue weighted by molar-refractivity contribution is 5.91. The summed E-state index contributed by atoms with van der Waals surface area (Å²) in [6.45, 7) is 0. The smallest absolute Gasteiger partial charge is 0.234 e. The van der Waals surface area contributed by atoms with E-state index in [9.17, 15) is 25.2 Å². The number of phenolic OH excluding ortho intramolecular Hbond substituents is 2. The first-order chi connectivity index (χ1) is 11.9. The fourth-order valence-electron chi connectivity index (χ4n) is 2.47. The fraction of sp³-hybridized carbons (Fsp3) is 0.118. The van der Waals surface area contributed by atoms with Crippen molar-refractivity contribution >= 4 is 11.0 Å². The molecule has 0 aliphatic rings. The summed E-state index contributed by atoms with van der Waals surface area (Å²) < 4.78 is 15.5. The van der Waals surface area contributed by atoms with Crippen molar-refractivity contribution in [2.75, 3.05) is 14.2 Å². The Hall–Kier alpha value is -3.55. The van der Waals surface area contributed by atoms with Gasteiger partial charge in [-0.1, -0.05) is 0 Å². The number of ether oxygens (including phenoxy) is 2. The Kier molecular flexibility index (Phi) is 3.80. The molecule has 1 heterocycles. The average molecular weight is 345 g/mol. The molecule has 3 N–H and O–H groups in total. The number of benzene rings is 2. The first kappa shape index (κ1) is 16.3. The van der Waals surface area contributed by atoms with E-state index in [-0.39, 0.29) is 39.5 Å². The molecule has 8 nitrogen and oxygen atoms in total. The summed E-state index contributed by atoms with van der Waals surface area (Å²) >= 11 is 0. The minimum Gasteiger partial charge on any atom is -0.869 e. The highest BCUT2D eigenvalue weighted by atomic mass is 16.5. The van der Waals surface area contributed by atoms with E-state index < -0.39 is 22.7 Å². The van der Waals surface area contributed by atoms with Crippen molar-refractivity contribution in [1.29, 1.82) is 0 Å². The Labute approximate surface area is 140 Å². The monoisotopic (exact) mass is 345 g/mol. The van der Waals surface area contributed by atoms with Gasteiger partial charge in [0.05, 0.1) is 19.6 Å². The zero-order chi connectivity index (χ0) is 18.3. The number of hydrogen-bond donors (Lipinski definition) is 3. The van der Waals surface area contributed by atoms with E-state index in [1.807, 2.05) is 0 Å². The molecule has 0 radical (unpaired) electrons. The van der Waals surface area contributed by atoms with Crippen LogP contribution in [0.4, 0.5) is 0 Å². The summed E-state index contributed by atoms with van der Waals surface area (Å²) in [6.07, 6.45) is 0. The highest BCUT2D eigenvalue weighted by Gasteiger charge is 2.20. The largest absolute Gasteiger partial charge is 0.869 e. The quantitative estimate of drug-likeness (QED) is 0.611. The van der Waals surface area contributed by atoms with Crippen molar-refractivity contribution in [2.45, 2.75) is 0 Å². The van der Waals surface area contributed by atoms with Crippen LogP contribution in [-0.4, -0.2) is 29.5 Å². The second kappa shape index (κ2) is 5.82. The zero-order valence-corrected chi connectivity index (χ0v) is 13.2. The van der Waals surface area contributed by atoms with E-state index in [2.05, 4.69) is 0 Å². The van der Waals surface area contributed by atoms with Crippen molar-refractivity contribution in [3.05, 3.63) is 34.5 Å². The van der Waals surface area contributed by atoms with Crippen LogP contribution in [-0.2, 0) is 0 Å². The number of rotatable bonds is 3. The molecule has 0 fully saturated rings. The van der Waals surface area contributed by atoms with E-state index in [0.717, 1.165) is 6.07 Å². The lowest BCUT2D eigenvalue weighted by molar-refractivity contribution is -0.267. The molecule has 0 aliphatic carbocycles. The molecular weight excluding hydrogens is 332 g/mol. The van der Waals surface area contributed by atoms with Crippen LogP contribution in [0.3, 0.4) is 0 Å². The number of hydrogen-bond acceptors (Lipinski definition) is 8. The normalized spacial score (nSPS) is 10.8. The molecule has 25 heavy (non-hydrogen) atoms. The number of methoxy groups -OCH3 is 2. The van der Waals surface area contributed by atoms with Gasteiger partial charge in [0.15, 0.2) is 28.8 Å². The fourth-order valence-corrected chi connectivity index (χ4v) is 2.47. The third-order valence-corrected chi connectivity index (χ3v) is 3.70. The second-order valence-electron chi connectivity index (χ2n) is 5.13.